The number of rotatable bonds is 3. The molecule has 1 spiro atoms. The summed E-state index contributed by atoms with van der Waals surface area (Å²) in [5.41, 5.74) is 4.16. The van der Waals surface area contributed by atoms with E-state index in [-0.39, 0.29) is 11.3 Å². The van der Waals surface area contributed by atoms with Crippen LogP contribution in [0.2, 0.25) is 5.02 Å². The van der Waals surface area contributed by atoms with Crippen molar-refractivity contribution in [3.05, 3.63) is 64.2 Å². The highest BCUT2D eigenvalue weighted by Gasteiger charge is 2.41. The van der Waals surface area contributed by atoms with Gasteiger partial charge < -0.3 is 10.2 Å². The molecule has 0 saturated carbocycles. The van der Waals surface area contributed by atoms with Crippen molar-refractivity contribution in [3.8, 4) is 0 Å². The number of carbonyl (C=O) groups is 1. The third-order valence-electron chi connectivity index (χ3n) is 5.80. The maximum absolute atomic E-state index is 12.4. The highest BCUT2D eigenvalue weighted by molar-refractivity contribution is 7.99. The predicted octanol–water partition coefficient (Wildman–Crippen LogP) is 5.12. The van der Waals surface area contributed by atoms with E-state index < -0.39 is 0 Å². The van der Waals surface area contributed by atoms with Gasteiger partial charge in [-0.05, 0) is 72.2 Å². The number of anilines is 1. The van der Waals surface area contributed by atoms with E-state index in [2.05, 4.69) is 17.4 Å². The number of benzene rings is 2. The monoisotopic (exact) mass is 427 g/mol. The van der Waals surface area contributed by atoms with Crippen molar-refractivity contribution in [3.63, 3.8) is 0 Å². The number of halogens is 1. The zero-order valence-corrected chi connectivity index (χ0v) is 18.4. The maximum Gasteiger partial charge on any atom is 0.253 e. The number of fused-ring (bicyclic) bond motifs is 1. The number of hydrogen-bond donors (Lipinski definition) is 1. The number of nitrogens with zero attached hydrogens (tertiary/aromatic N) is 2. The third-order valence-corrected chi connectivity index (χ3v) is 7.02. The lowest BCUT2D eigenvalue weighted by atomic mass is 9.72. The van der Waals surface area contributed by atoms with Crippen molar-refractivity contribution < 1.29 is 4.79 Å². The number of nitrogens with one attached hydrogen (secondary N) is 1. The fourth-order valence-corrected chi connectivity index (χ4v) is 5.64. The summed E-state index contributed by atoms with van der Waals surface area (Å²) in [7, 11) is 3.58. The minimum atomic E-state index is 0.0244. The Balaban J connectivity index is 1.67. The van der Waals surface area contributed by atoms with E-state index in [1.807, 2.05) is 42.1 Å². The Morgan fingerprint density at radius 2 is 2.00 bits per heavy atom. The van der Waals surface area contributed by atoms with Gasteiger partial charge in [0.05, 0.1) is 6.54 Å². The summed E-state index contributed by atoms with van der Waals surface area (Å²) in [6.07, 6.45) is 3.13. The molecular weight excluding hydrogens is 402 g/mol. The summed E-state index contributed by atoms with van der Waals surface area (Å²) >= 11 is 8.15. The average molecular weight is 428 g/mol. The van der Waals surface area contributed by atoms with Crippen LogP contribution in [0.4, 0.5) is 5.69 Å². The Kier molecular flexibility index (Phi) is 5.88. The van der Waals surface area contributed by atoms with Crippen LogP contribution >= 0.6 is 23.4 Å². The normalized spacial score (nSPS) is 18.9. The SMILES string of the molecule is CN(C)C(=O)c1ccc2c(c1)CC1(CCSCC1)C(=NCc1cccc(Cl)c1)N2. The van der Waals surface area contributed by atoms with Crippen LogP contribution in [-0.4, -0.2) is 42.2 Å². The molecule has 1 fully saturated rings. The number of aliphatic imine (C=N–C) groups is 1. The van der Waals surface area contributed by atoms with Crippen molar-refractivity contribution in [2.75, 3.05) is 30.9 Å². The predicted molar refractivity (Wildman–Crippen MR) is 123 cm³/mol. The van der Waals surface area contributed by atoms with Gasteiger partial charge >= 0.3 is 0 Å². The summed E-state index contributed by atoms with van der Waals surface area (Å²) in [4.78, 5) is 19.1. The van der Waals surface area contributed by atoms with Crippen molar-refractivity contribution in [2.24, 2.45) is 10.4 Å². The number of amidine groups is 1. The first-order valence-corrected chi connectivity index (χ1v) is 11.5. The molecule has 0 aromatic heterocycles. The second-order valence-corrected chi connectivity index (χ2v) is 9.72. The largest absolute Gasteiger partial charge is 0.345 e. The van der Waals surface area contributed by atoms with Gasteiger partial charge in [-0.25, -0.2) is 0 Å². The highest BCUT2D eigenvalue weighted by Crippen LogP contribution is 2.44. The molecule has 1 saturated heterocycles. The average Bonchev–Trinajstić information content (AvgIpc) is 2.72. The van der Waals surface area contributed by atoms with E-state index in [1.54, 1.807) is 19.0 Å². The molecule has 2 aromatic rings. The first kappa shape index (κ1) is 20.3. The van der Waals surface area contributed by atoms with Crippen molar-refractivity contribution in [1.82, 2.24) is 4.90 Å². The summed E-state index contributed by atoms with van der Waals surface area (Å²) in [5, 5.41) is 4.36. The van der Waals surface area contributed by atoms with E-state index in [1.165, 1.54) is 5.56 Å². The van der Waals surface area contributed by atoms with Crippen LogP contribution in [0.1, 0.15) is 34.3 Å². The topological polar surface area (TPSA) is 44.7 Å². The van der Waals surface area contributed by atoms with Crippen LogP contribution in [0.5, 0.6) is 0 Å². The molecule has 0 aliphatic carbocycles. The number of hydrogen-bond acceptors (Lipinski definition) is 3. The molecule has 1 amide bonds. The summed E-state index contributed by atoms with van der Waals surface area (Å²) in [5.74, 6) is 3.41. The molecule has 2 heterocycles. The molecular formula is C23H26ClN3OS. The number of thioether (sulfide) groups is 1. The molecule has 2 aromatic carbocycles. The maximum atomic E-state index is 12.4. The fourth-order valence-electron chi connectivity index (χ4n) is 4.15. The van der Waals surface area contributed by atoms with Crippen molar-refractivity contribution in [2.45, 2.75) is 25.8 Å². The second kappa shape index (κ2) is 8.41. The first-order valence-electron chi connectivity index (χ1n) is 9.96. The molecule has 1 N–H and O–H groups in total. The van der Waals surface area contributed by atoms with Gasteiger partial charge in [-0.1, -0.05) is 23.7 Å². The van der Waals surface area contributed by atoms with Gasteiger partial charge in [-0.15, -0.1) is 0 Å². The van der Waals surface area contributed by atoms with Gasteiger partial charge in [-0.3, -0.25) is 9.79 Å². The van der Waals surface area contributed by atoms with Crippen LogP contribution < -0.4 is 5.32 Å². The van der Waals surface area contributed by atoms with Gasteiger partial charge in [0.2, 0.25) is 0 Å². The van der Waals surface area contributed by atoms with Gasteiger partial charge in [0.1, 0.15) is 5.84 Å². The van der Waals surface area contributed by atoms with Crippen LogP contribution in [0.15, 0.2) is 47.5 Å². The molecule has 4 nitrogen and oxygen atoms in total. The van der Waals surface area contributed by atoms with Crippen LogP contribution in [0.25, 0.3) is 0 Å². The zero-order chi connectivity index (χ0) is 20.4. The minimum absolute atomic E-state index is 0.0244. The lowest BCUT2D eigenvalue weighted by Crippen LogP contribution is -2.44. The van der Waals surface area contributed by atoms with E-state index >= 15 is 0 Å². The molecule has 0 bridgehead atoms. The van der Waals surface area contributed by atoms with E-state index in [9.17, 15) is 4.79 Å². The summed E-state index contributed by atoms with van der Waals surface area (Å²) in [6, 6.07) is 13.9. The van der Waals surface area contributed by atoms with Crippen LogP contribution in [0.3, 0.4) is 0 Å². The van der Waals surface area contributed by atoms with Crippen molar-refractivity contribution >= 4 is 40.8 Å². The van der Waals surface area contributed by atoms with Gasteiger partial charge in [0, 0.05) is 35.8 Å². The van der Waals surface area contributed by atoms with Crippen LogP contribution in [-0.2, 0) is 13.0 Å². The van der Waals surface area contributed by atoms with E-state index in [0.29, 0.717) is 6.54 Å². The Bertz CT molecular complexity index is 951. The quantitative estimate of drug-likeness (QED) is 0.739. The Labute approximate surface area is 181 Å². The fraction of sp³-hybridized carbons (Fsp3) is 0.391. The van der Waals surface area contributed by atoms with Gasteiger partial charge in [0.25, 0.3) is 5.91 Å². The molecule has 152 valence electrons. The van der Waals surface area contributed by atoms with Gasteiger partial charge in [0.15, 0.2) is 0 Å². The summed E-state index contributed by atoms with van der Waals surface area (Å²) < 4.78 is 0. The molecule has 29 heavy (non-hydrogen) atoms. The smallest absolute Gasteiger partial charge is 0.253 e. The third kappa shape index (κ3) is 4.31. The Morgan fingerprint density at radius 3 is 2.72 bits per heavy atom. The van der Waals surface area contributed by atoms with Crippen molar-refractivity contribution in [1.29, 1.82) is 0 Å². The molecule has 0 unspecified atom stereocenters. The van der Waals surface area contributed by atoms with E-state index in [4.69, 9.17) is 16.6 Å². The second-order valence-electron chi connectivity index (χ2n) is 8.06. The molecule has 6 heteroatoms. The highest BCUT2D eigenvalue weighted by atomic mass is 35.5. The minimum Gasteiger partial charge on any atom is -0.345 e. The lowest BCUT2D eigenvalue weighted by Gasteiger charge is -2.42. The number of amides is 1. The molecule has 4 rings (SSSR count). The van der Waals surface area contributed by atoms with Gasteiger partial charge in [-0.2, -0.15) is 11.8 Å². The molecule has 2 aliphatic rings. The Morgan fingerprint density at radius 1 is 1.21 bits per heavy atom. The molecule has 0 atom stereocenters. The Hall–Kier alpha value is -1.98. The lowest BCUT2D eigenvalue weighted by molar-refractivity contribution is 0.0827. The van der Waals surface area contributed by atoms with E-state index in [0.717, 1.165) is 58.4 Å². The standard InChI is InChI=1S/C23H26ClN3OS/c1-27(2)21(28)17-6-7-20-18(13-17)14-23(8-10-29-11-9-23)22(26-20)25-15-16-4-3-5-19(24)12-16/h3-7,12-13H,8-11,14-15H2,1-2H3,(H,25,26). The molecule has 2 aliphatic heterocycles. The molecule has 0 radical (unpaired) electrons. The van der Waals surface area contributed by atoms with Crippen LogP contribution in [0, 0.1) is 5.41 Å². The first-order chi connectivity index (χ1) is 14.0. The summed E-state index contributed by atoms with van der Waals surface area (Å²) in [6.45, 7) is 0.615. The zero-order valence-electron chi connectivity index (χ0n) is 16.9. The number of carbonyl (C=O) groups excluding carboxylic acids is 1.